The summed E-state index contributed by atoms with van der Waals surface area (Å²) in [5.74, 6) is 5.31. The Hall–Kier alpha value is -3.16. The highest BCUT2D eigenvalue weighted by Gasteiger charge is 2.11. The van der Waals surface area contributed by atoms with Gasteiger partial charge in [0, 0.05) is 21.2 Å². The lowest BCUT2D eigenvalue weighted by Crippen LogP contribution is -2.14. The predicted octanol–water partition coefficient (Wildman–Crippen LogP) is 4.89. The van der Waals surface area contributed by atoms with E-state index in [1.165, 1.54) is 0 Å². The van der Waals surface area contributed by atoms with Gasteiger partial charge in [-0.3, -0.25) is 4.79 Å². The second-order valence-corrected chi connectivity index (χ2v) is 6.62. The fourth-order valence-corrected chi connectivity index (χ4v) is 2.55. The van der Waals surface area contributed by atoms with Crippen molar-refractivity contribution < 1.29 is 14.3 Å². The minimum absolute atomic E-state index is 0.249. The zero-order valence-electron chi connectivity index (χ0n) is 14.3. The van der Waals surface area contributed by atoms with Crippen LogP contribution in [0.2, 0.25) is 0 Å². The molecule has 0 spiro atoms. The van der Waals surface area contributed by atoms with Gasteiger partial charge < -0.3 is 4.74 Å². The van der Waals surface area contributed by atoms with Gasteiger partial charge in [0.15, 0.2) is 12.4 Å². The third kappa shape index (κ3) is 5.40. The summed E-state index contributed by atoms with van der Waals surface area (Å²) >= 11 is 3.31. The molecule has 0 saturated carbocycles. The van der Waals surface area contributed by atoms with Gasteiger partial charge in [0.1, 0.15) is 0 Å². The van der Waals surface area contributed by atoms with Gasteiger partial charge in [-0.25, -0.2) is 4.79 Å². The maximum absolute atomic E-state index is 12.1. The van der Waals surface area contributed by atoms with Crippen LogP contribution in [0.15, 0.2) is 83.3 Å². The number of halogens is 1. The SMILES string of the molecule is O=C(COC(=O)c1ccc(C#Cc2ccccc2)cc1)c1ccc(Br)cc1. The van der Waals surface area contributed by atoms with Crippen LogP contribution in [0.3, 0.4) is 0 Å². The van der Waals surface area contributed by atoms with E-state index in [1.807, 2.05) is 30.3 Å². The summed E-state index contributed by atoms with van der Waals surface area (Å²) in [5.41, 5.74) is 2.59. The van der Waals surface area contributed by atoms with Crippen LogP contribution in [0.1, 0.15) is 31.8 Å². The first kappa shape index (κ1) is 18.6. The molecule has 0 aliphatic rings. The average Bonchev–Trinajstić information content (AvgIpc) is 2.72. The van der Waals surface area contributed by atoms with E-state index in [2.05, 4.69) is 27.8 Å². The molecule has 0 bridgehead atoms. The molecular weight excluding hydrogens is 404 g/mol. The largest absolute Gasteiger partial charge is 0.454 e. The topological polar surface area (TPSA) is 43.4 Å². The maximum Gasteiger partial charge on any atom is 0.338 e. The summed E-state index contributed by atoms with van der Waals surface area (Å²) in [6.45, 7) is -0.296. The summed E-state index contributed by atoms with van der Waals surface area (Å²) in [5, 5.41) is 0. The number of rotatable bonds is 4. The Bertz CT molecular complexity index is 995. The quantitative estimate of drug-likeness (QED) is 0.344. The molecule has 132 valence electrons. The Labute approximate surface area is 166 Å². The maximum atomic E-state index is 12.1. The monoisotopic (exact) mass is 418 g/mol. The van der Waals surface area contributed by atoms with E-state index in [9.17, 15) is 9.59 Å². The predicted molar refractivity (Wildman–Crippen MR) is 108 cm³/mol. The van der Waals surface area contributed by atoms with Gasteiger partial charge >= 0.3 is 5.97 Å². The molecule has 0 saturated heterocycles. The van der Waals surface area contributed by atoms with Gasteiger partial charge in [-0.15, -0.1) is 0 Å². The number of benzene rings is 3. The summed E-state index contributed by atoms with van der Waals surface area (Å²) in [6, 6.07) is 23.3. The molecule has 0 fully saturated rings. The number of ether oxygens (including phenoxy) is 1. The molecule has 0 aliphatic carbocycles. The first-order valence-corrected chi connectivity index (χ1v) is 9.04. The normalized spacial score (nSPS) is 9.81. The molecule has 0 amide bonds. The molecule has 3 rings (SSSR count). The molecular formula is C23H15BrO3. The first-order chi connectivity index (χ1) is 13.1. The third-order valence-electron chi connectivity index (χ3n) is 3.75. The van der Waals surface area contributed by atoms with Crippen molar-refractivity contribution in [2.45, 2.75) is 0 Å². The number of hydrogen-bond acceptors (Lipinski definition) is 3. The van der Waals surface area contributed by atoms with E-state index in [0.29, 0.717) is 11.1 Å². The van der Waals surface area contributed by atoms with Crippen LogP contribution in [0, 0.1) is 11.8 Å². The minimum atomic E-state index is -0.539. The van der Waals surface area contributed by atoms with Crippen LogP contribution >= 0.6 is 15.9 Å². The number of hydrogen-bond donors (Lipinski definition) is 0. The van der Waals surface area contributed by atoms with E-state index in [4.69, 9.17) is 4.74 Å². The van der Waals surface area contributed by atoms with Crippen LogP contribution in [-0.4, -0.2) is 18.4 Å². The molecule has 0 radical (unpaired) electrons. The molecule has 3 aromatic carbocycles. The first-order valence-electron chi connectivity index (χ1n) is 8.25. The Morgan fingerprint density at radius 3 is 1.93 bits per heavy atom. The Morgan fingerprint density at radius 1 is 0.741 bits per heavy atom. The lowest BCUT2D eigenvalue weighted by atomic mass is 10.1. The summed E-state index contributed by atoms with van der Waals surface area (Å²) < 4.78 is 5.99. The van der Waals surface area contributed by atoms with E-state index >= 15 is 0 Å². The molecule has 0 heterocycles. The highest BCUT2D eigenvalue weighted by Crippen LogP contribution is 2.12. The molecule has 4 heteroatoms. The molecule has 0 unspecified atom stereocenters. The van der Waals surface area contributed by atoms with Crippen LogP contribution in [0.25, 0.3) is 0 Å². The fraction of sp³-hybridized carbons (Fsp3) is 0.0435. The smallest absolute Gasteiger partial charge is 0.338 e. The van der Waals surface area contributed by atoms with E-state index in [0.717, 1.165) is 15.6 Å². The highest BCUT2D eigenvalue weighted by molar-refractivity contribution is 9.10. The Morgan fingerprint density at radius 2 is 1.30 bits per heavy atom. The molecule has 3 aromatic rings. The van der Waals surface area contributed by atoms with Gasteiger partial charge in [-0.1, -0.05) is 58.1 Å². The van der Waals surface area contributed by atoms with Gasteiger partial charge in [-0.2, -0.15) is 0 Å². The van der Waals surface area contributed by atoms with Crippen LogP contribution in [0.5, 0.6) is 0 Å². The standard InChI is InChI=1S/C23H15BrO3/c24-21-14-12-19(13-15-21)22(25)16-27-23(26)20-10-8-18(9-11-20)7-6-17-4-2-1-3-5-17/h1-5,8-15H,16H2. The molecule has 0 N–H and O–H groups in total. The van der Waals surface area contributed by atoms with Gasteiger partial charge in [-0.05, 0) is 48.5 Å². The van der Waals surface area contributed by atoms with Gasteiger partial charge in [0.05, 0.1) is 5.56 Å². The number of carbonyl (C=O) groups is 2. The van der Waals surface area contributed by atoms with Crippen molar-refractivity contribution in [3.63, 3.8) is 0 Å². The Kier molecular flexibility index (Phi) is 6.19. The summed E-state index contributed by atoms with van der Waals surface area (Å²) in [6.07, 6.45) is 0. The number of ketones is 1. The Balaban J connectivity index is 1.58. The molecule has 0 aromatic heterocycles. The van der Waals surface area contributed by atoms with Gasteiger partial charge in [0.25, 0.3) is 0 Å². The van der Waals surface area contributed by atoms with Crippen molar-refractivity contribution >= 4 is 27.7 Å². The zero-order valence-corrected chi connectivity index (χ0v) is 15.9. The highest BCUT2D eigenvalue weighted by atomic mass is 79.9. The van der Waals surface area contributed by atoms with Crippen molar-refractivity contribution in [2.24, 2.45) is 0 Å². The minimum Gasteiger partial charge on any atom is -0.454 e. The van der Waals surface area contributed by atoms with Crippen molar-refractivity contribution in [1.82, 2.24) is 0 Å². The second-order valence-electron chi connectivity index (χ2n) is 5.70. The summed E-state index contributed by atoms with van der Waals surface area (Å²) in [4.78, 5) is 24.2. The van der Waals surface area contributed by atoms with Crippen LogP contribution in [0.4, 0.5) is 0 Å². The third-order valence-corrected chi connectivity index (χ3v) is 4.27. The molecule has 0 aliphatic heterocycles. The van der Waals surface area contributed by atoms with Crippen LogP contribution < -0.4 is 0 Å². The second kappa shape index (κ2) is 8.98. The van der Waals surface area contributed by atoms with Gasteiger partial charge in [0.2, 0.25) is 0 Å². The van der Waals surface area contributed by atoms with Crippen molar-refractivity contribution in [1.29, 1.82) is 0 Å². The van der Waals surface area contributed by atoms with Crippen LogP contribution in [-0.2, 0) is 4.74 Å². The fourth-order valence-electron chi connectivity index (χ4n) is 2.29. The summed E-state index contributed by atoms with van der Waals surface area (Å²) in [7, 11) is 0. The van der Waals surface area contributed by atoms with Crippen molar-refractivity contribution in [2.75, 3.05) is 6.61 Å². The van der Waals surface area contributed by atoms with E-state index in [1.54, 1.807) is 48.5 Å². The van der Waals surface area contributed by atoms with E-state index in [-0.39, 0.29) is 12.4 Å². The number of Topliss-reactive ketones (excluding diaryl/α,β-unsaturated/α-hetero) is 1. The van der Waals surface area contributed by atoms with Crippen molar-refractivity contribution in [3.8, 4) is 11.8 Å². The number of carbonyl (C=O) groups excluding carboxylic acids is 2. The lowest BCUT2D eigenvalue weighted by molar-refractivity contribution is 0.0475. The number of esters is 1. The average molecular weight is 419 g/mol. The molecule has 27 heavy (non-hydrogen) atoms. The molecule has 0 atom stereocenters. The lowest BCUT2D eigenvalue weighted by Gasteiger charge is -2.05. The zero-order chi connectivity index (χ0) is 19.1. The van der Waals surface area contributed by atoms with E-state index < -0.39 is 5.97 Å². The molecule has 3 nitrogen and oxygen atoms in total. The van der Waals surface area contributed by atoms with Crippen molar-refractivity contribution in [3.05, 3.63) is 106 Å².